The molecule has 2 aromatic rings. The smallest absolute Gasteiger partial charge is 0.241 e. The molecular formula is C30H38N6O3. The maximum atomic E-state index is 12.5. The molecule has 1 unspecified atom stereocenters. The molecule has 1 atom stereocenters. The van der Waals surface area contributed by atoms with Gasteiger partial charge in [0.05, 0.1) is 25.8 Å². The number of likely N-dealkylation sites (N-methyl/N-ethyl adjacent to an activating group) is 1. The van der Waals surface area contributed by atoms with E-state index in [0.717, 1.165) is 61.5 Å². The van der Waals surface area contributed by atoms with Gasteiger partial charge in [0.1, 0.15) is 18.1 Å². The fourth-order valence-corrected chi connectivity index (χ4v) is 4.77. The summed E-state index contributed by atoms with van der Waals surface area (Å²) in [5, 5.41) is 6.72. The molecule has 3 N–H and O–H groups in total. The van der Waals surface area contributed by atoms with Gasteiger partial charge in [-0.05, 0) is 49.2 Å². The number of nitrogens with one attached hydrogen (secondary N) is 1. The average Bonchev–Trinajstić information content (AvgIpc) is 2.96. The van der Waals surface area contributed by atoms with Crippen LogP contribution in [-0.4, -0.2) is 68.7 Å². The lowest BCUT2D eigenvalue weighted by molar-refractivity contribution is -0.126. The van der Waals surface area contributed by atoms with E-state index in [9.17, 15) is 4.79 Å². The van der Waals surface area contributed by atoms with Crippen LogP contribution in [0.3, 0.4) is 0 Å². The molecule has 9 nitrogen and oxygen atoms in total. The topological polar surface area (TPSA) is 105 Å². The van der Waals surface area contributed by atoms with Crippen molar-refractivity contribution in [1.82, 2.24) is 10.2 Å². The Hall–Kier alpha value is -3.95. The Bertz CT molecular complexity index is 1220. The minimum absolute atomic E-state index is 0.0307. The van der Waals surface area contributed by atoms with Crippen molar-refractivity contribution in [3.8, 4) is 5.75 Å². The van der Waals surface area contributed by atoms with Gasteiger partial charge in [-0.2, -0.15) is 5.10 Å². The van der Waals surface area contributed by atoms with Crippen molar-refractivity contribution in [1.29, 1.82) is 0 Å². The number of benzene rings is 2. The Balaban J connectivity index is 1.35. The molecule has 2 aliphatic heterocycles. The Kier molecular flexibility index (Phi) is 9.88. The molecule has 9 heteroatoms. The van der Waals surface area contributed by atoms with Crippen molar-refractivity contribution in [3.63, 3.8) is 0 Å². The number of ether oxygens (including phenoxy) is 2. The highest BCUT2D eigenvalue weighted by molar-refractivity contribution is 6.31. The van der Waals surface area contributed by atoms with Crippen LogP contribution in [0.25, 0.3) is 6.08 Å². The van der Waals surface area contributed by atoms with Gasteiger partial charge in [0.2, 0.25) is 5.91 Å². The minimum atomic E-state index is -0.238. The maximum absolute atomic E-state index is 12.5. The van der Waals surface area contributed by atoms with Crippen molar-refractivity contribution in [3.05, 3.63) is 78.0 Å². The van der Waals surface area contributed by atoms with Crippen molar-refractivity contribution in [2.24, 2.45) is 15.9 Å². The molecule has 0 bridgehead atoms. The zero-order chi connectivity index (χ0) is 27.6. The highest BCUT2D eigenvalue weighted by atomic mass is 16.5. The fourth-order valence-electron chi connectivity index (χ4n) is 4.77. The lowest BCUT2D eigenvalue weighted by Crippen LogP contribution is -2.47. The molecule has 206 valence electrons. The van der Waals surface area contributed by atoms with E-state index in [1.165, 1.54) is 5.69 Å². The summed E-state index contributed by atoms with van der Waals surface area (Å²) in [7, 11) is 1.94. The van der Waals surface area contributed by atoms with E-state index in [1.54, 1.807) is 12.3 Å². The molecule has 0 saturated carbocycles. The molecule has 2 aromatic carbocycles. The van der Waals surface area contributed by atoms with Gasteiger partial charge in [0.15, 0.2) is 0 Å². The molecule has 2 heterocycles. The number of hydrogen-bond acceptors (Lipinski definition) is 8. The molecule has 39 heavy (non-hydrogen) atoms. The lowest BCUT2D eigenvalue weighted by atomic mass is 10.0. The van der Waals surface area contributed by atoms with Gasteiger partial charge in [-0.3, -0.25) is 14.7 Å². The molecule has 4 rings (SSSR count). The summed E-state index contributed by atoms with van der Waals surface area (Å²) >= 11 is 0. The summed E-state index contributed by atoms with van der Waals surface area (Å²) in [5.41, 5.74) is 5.47. The Labute approximate surface area is 230 Å². The van der Waals surface area contributed by atoms with Gasteiger partial charge < -0.3 is 25.5 Å². The summed E-state index contributed by atoms with van der Waals surface area (Å²) in [6.07, 6.45) is 4.94. The third-order valence-electron chi connectivity index (χ3n) is 7.02. The molecule has 0 spiro atoms. The number of allylic oxidation sites excluding steroid dienone is 1. The van der Waals surface area contributed by atoms with Crippen LogP contribution in [0, 0.1) is 0 Å². The molecule has 0 aromatic heterocycles. The number of nitrogens with two attached hydrogens (primary N) is 1. The van der Waals surface area contributed by atoms with Gasteiger partial charge in [0, 0.05) is 42.8 Å². The van der Waals surface area contributed by atoms with E-state index < -0.39 is 0 Å². The number of morpholine rings is 1. The summed E-state index contributed by atoms with van der Waals surface area (Å²) in [6.45, 7) is 12.4. The van der Waals surface area contributed by atoms with Crippen LogP contribution in [0.2, 0.25) is 0 Å². The molecule has 1 amide bonds. The number of carbonyl (C=O) groups is 1. The third kappa shape index (κ3) is 7.55. The molecule has 0 aliphatic carbocycles. The molecule has 2 aliphatic rings. The number of carbonyl (C=O) groups excluding carboxylic acids is 1. The van der Waals surface area contributed by atoms with E-state index in [-0.39, 0.29) is 18.6 Å². The van der Waals surface area contributed by atoms with E-state index >= 15 is 0 Å². The van der Waals surface area contributed by atoms with Crippen molar-refractivity contribution in [2.45, 2.75) is 32.0 Å². The van der Waals surface area contributed by atoms with Crippen molar-refractivity contribution < 1.29 is 14.3 Å². The first-order chi connectivity index (χ1) is 19.0. The number of nitrogens with zero attached hydrogens (tertiary/aromatic N) is 4. The number of aliphatic imine (C=N–C) groups is 1. The van der Waals surface area contributed by atoms with Crippen LogP contribution in [0.15, 0.2) is 71.4 Å². The Morgan fingerprint density at radius 2 is 2.03 bits per heavy atom. The largest absolute Gasteiger partial charge is 0.487 e. The van der Waals surface area contributed by atoms with Gasteiger partial charge in [-0.15, -0.1) is 0 Å². The fraction of sp³-hybridized carbons (Fsp3) is 0.367. The highest BCUT2D eigenvalue weighted by Gasteiger charge is 2.28. The van der Waals surface area contributed by atoms with Crippen LogP contribution in [0.4, 0.5) is 5.69 Å². The maximum Gasteiger partial charge on any atom is 0.241 e. The predicted octanol–water partition coefficient (Wildman–Crippen LogP) is 3.35. The second-order valence-corrected chi connectivity index (χ2v) is 9.74. The number of hydrogen-bond donors (Lipinski definition) is 2. The Morgan fingerprint density at radius 3 is 2.72 bits per heavy atom. The first kappa shape index (κ1) is 28.1. The second-order valence-electron chi connectivity index (χ2n) is 9.74. The predicted molar refractivity (Wildman–Crippen MR) is 157 cm³/mol. The summed E-state index contributed by atoms with van der Waals surface area (Å²) in [4.78, 5) is 21.4. The monoisotopic (exact) mass is 530 g/mol. The molecular weight excluding hydrogens is 492 g/mol. The van der Waals surface area contributed by atoms with Crippen LogP contribution in [0.5, 0.6) is 5.75 Å². The molecule has 0 radical (unpaired) electrons. The van der Waals surface area contributed by atoms with Gasteiger partial charge >= 0.3 is 0 Å². The lowest BCUT2D eigenvalue weighted by Gasteiger charge is -2.32. The number of anilines is 1. The van der Waals surface area contributed by atoms with E-state index in [0.29, 0.717) is 24.6 Å². The van der Waals surface area contributed by atoms with Gasteiger partial charge in [-0.1, -0.05) is 43.5 Å². The second kappa shape index (κ2) is 13.7. The van der Waals surface area contributed by atoms with Gasteiger partial charge in [-0.25, -0.2) is 0 Å². The minimum Gasteiger partial charge on any atom is -0.487 e. The zero-order valence-electron chi connectivity index (χ0n) is 22.6. The number of hydrazone groups is 1. The summed E-state index contributed by atoms with van der Waals surface area (Å²) < 4.78 is 11.6. The average molecular weight is 531 g/mol. The van der Waals surface area contributed by atoms with Gasteiger partial charge in [0.25, 0.3) is 0 Å². The standard InChI is InChI=1S/C30H38N6O3/c1-4-24-6-5-7-29(27(24)20-35(3)28-13-8-22(2)33-30(28)37)39-21-25(34-31)19-32-18-23-9-11-26(12-10-23)36-14-16-38-17-15-36/h4-7,9-12,19,28H,1-2,8,13-18,20-21,31H2,3H3,(H,33,37). The first-order valence-electron chi connectivity index (χ1n) is 13.2. The number of amides is 1. The molecule has 2 fully saturated rings. The van der Waals surface area contributed by atoms with Crippen molar-refractivity contribution in [2.75, 3.05) is 44.9 Å². The van der Waals surface area contributed by atoms with Crippen LogP contribution in [-0.2, 0) is 22.6 Å². The number of piperidine rings is 1. The quantitative estimate of drug-likeness (QED) is 0.262. The first-order valence-corrected chi connectivity index (χ1v) is 13.2. The van der Waals surface area contributed by atoms with E-state index in [4.69, 9.17) is 15.3 Å². The van der Waals surface area contributed by atoms with Crippen molar-refractivity contribution >= 4 is 29.6 Å². The van der Waals surface area contributed by atoms with Crippen LogP contribution in [0.1, 0.15) is 29.5 Å². The normalized spacial score (nSPS) is 18.5. The highest BCUT2D eigenvalue weighted by Crippen LogP contribution is 2.27. The summed E-state index contributed by atoms with van der Waals surface area (Å²) in [6, 6.07) is 14.0. The Morgan fingerprint density at radius 1 is 1.26 bits per heavy atom. The molecule has 2 saturated heterocycles. The zero-order valence-corrected chi connectivity index (χ0v) is 22.6. The third-order valence-corrected chi connectivity index (χ3v) is 7.02. The van der Waals surface area contributed by atoms with Crippen LogP contribution >= 0.6 is 0 Å². The summed E-state index contributed by atoms with van der Waals surface area (Å²) in [5.74, 6) is 6.30. The van der Waals surface area contributed by atoms with E-state index in [2.05, 4.69) is 57.7 Å². The van der Waals surface area contributed by atoms with Crippen LogP contribution < -0.4 is 20.8 Å². The SMILES string of the molecule is C=Cc1cccc(OCC(C=NCc2ccc(N3CCOCC3)cc2)=NN)c1CN(C)C1CCC(=C)NC1=O. The van der Waals surface area contributed by atoms with E-state index in [1.807, 2.05) is 30.1 Å². The number of rotatable bonds is 11.